The van der Waals surface area contributed by atoms with Crippen molar-refractivity contribution in [3.05, 3.63) is 23.3 Å². The predicted octanol–water partition coefficient (Wildman–Crippen LogP) is 3.08. The second-order valence-electron chi connectivity index (χ2n) is 5.04. The van der Waals surface area contributed by atoms with Crippen LogP contribution < -0.4 is 10.5 Å². The fourth-order valence-electron chi connectivity index (χ4n) is 1.51. The SMILES string of the molecule is COC(C)(C)CCOc1cc(N)c(C)cc1C. The van der Waals surface area contributed by atoms with Crippen LogP contribution >= 0.6 is 0 Å². The molecule has 3 nitrogen and oxygen atoms in total. The Morgan fingerprint density at radius 1 is 1.18 bits per heavy atom. The van der Waals surface area contributed by atoms with Gasteiger partial charge in [-0.15, -0.1) is 0 Å². The Balaban J connectivity index is 2.61. The first-order valence-electron chi connectivity index (χ1n) is 5.90. The molecular formula is C14H23NO2. The number of anilines is 1. The highest BCUT2D eigenvalue weighted by Gasteiger charge is 2.16. The first-order chi connectivity index (χ1) is 7.85. The molecular weight excluding hydrogens is 214 g/mol. The lowest BCUT2D eigenvalue weighted by Gasteiger charge is -2.23. The van der Waals surface area contributed by atoms with Crippen LogP contribution in [-0.2, 0) is 4.74 Å². The van der Waals surface area contributed by atoms with Gasteiger partial charge in [-0.1, -0.05) is 6.07 Å². The van der Waals surface area contributed by atoms with Crippen LogP contribution in [0.25, 0.3) is 0 Å². The molecule has 0 aliphatic heterocycles. The van der Waals surface area contributed by atoms with Crippen molar-refractivity contribution < 1.29 is 9.47 Å². The van der Waals surface area contributed by atoms with E-state index >= 15 is 0 Å². The number of benzene rings is 1. The van der Waals surface area contributed by atoms with Crippen molar-refractivity contribution in [1.82, 2.24) is 0 Å². The molecule has 2 N–H and O–H groups in total. The van der Waals surface area contributed by atoms with E-state index in [1.807, 2.05) is 39.8 Å². The summed E-state index contributed by atoms with van der Waals surface area (Å²) in [6.07, 6.45) is 0.844. The summed E-state index contributed by atoms with van der Waals surface area (Å²) in [6, 6.07) is 3.94. The van der Waals surface area contributed by atoms with Crippen LogP contribution in [0.2, 0.25) is 0 Å². The molecule has 0 heterocycles. The summed E-state index contributed by atoms with van der Waals surface area (Å²) in [7, 11) is 1.72. The molecule has 0 fully saturated rings. The molecule has 0 aliphatic carbocycles. The molecule has 1 rings (SSSR count). The number of rotatable bonds is 5. The Hall–Kier alpha value is -1.22. The van der Waals surface area contributed by atoms with Gasteiger partial charge in [0.15, 0.2) is 0 Å². The summed E-state index contributed by atoms with van der Waals surface area (Å²) in [5.41, 5.74) is 8.70. The van der Waals surface area contributed by atoms with Gasteiger partial charge in [-0.05, 0) is 38.8 Å². The zero-order valence-electron chi connectivity index (χ0n) is 11.5. The fraction of sp³-hybridized carbons (Fsp3) is 0.571. The molecule has 0 spiro atoms. The third-order valence-electron chi connectivity index (χ3n) is 3.08. The van der Waals surface area contributed by atoms with Crippen LogP contribution in [0.1, 0.15) is 31.4 Å². The van der Waals surface area contributed by atoms with Gasteiger partial charge in [0.25, 0.3) is 0 Å². The van der Waals surface area contributed by atoms with Crippen molar-refractivity contribution in [2.45, 2.75) is 39.7 Å². The number of aryl methyl sites for hydroxylation is 2. The third-order valence-corrected chi connectivity index (χ3v) is 3.08. The number of hydrogen-bond donors (Lipinski definition) is 1. The largest absolute Gasteiger partial charge is 0.493 e. The molecule has 0 bridgehead atoms. The lowest BCUT2D eigenvalue weighted by Crippen LogP contribution is -2.25. The quantitative estimate of drug-likeness (QED) is 0.800. The molecule has 0 aliphatic rings. The normalized spacial score (nSPS) is 11.6. The van der Waals surface area contributed by atoms with Gasteiger partial charge in [0, 0.05) is 25.3 Å². The van der Waals surface area contributed by atoms with Gasteiger partial charge >= 0.3 is 0 Å². The van der Waals surface area contributed by atoms with Gasteiger partial charge in [-0.25, -0.2) is 0 Å². The maximum Gasteiger partial charge on any atom is 0.124 e. The molecule has 0 amide bonds. The Morgan fingerprint density at radius 2 is 1.82 bits per heavy atom. The summed E-state index contributed by atoms with van der Waals surface area (Å²) in [5.74, 6) is 0.861. The smallest absolute Gasteiger partial charge is 0.124 e. The molecule has 1 aromatic rings. The highest BCUT2D eigenvalue weighted by Crippen LogP contribution is 2.25. The lowest BCUT2D eigenvalue weighted by molar-refractivity contribution is 0.00540. The maximum atomic E-state index is 5.87. The van der Waals surface area contributed by atoms with E-state index in [1.54, 1.807) is 7.11 Å². The van der Waals surface area contributed by atoms with Crippen LogP contribution in [-0.4, -0.2) is 19.3 Å². The average Bonchev–Trinajstić information content (AvgIpc) is 2.25. The second kappa shape index (κ2) is 5.41. The van der Waals surface area contributed by atoms with Gasteiger partial charge in [0.2, 0.25) is 0 Å². The van der Waals surface area contributed by atoms with Crippen molar-refractivity contribution in [3.63, 3.8) is 0 Å². The van der Waals surface area contributed by atoms with E-state index in [0.717, 1.165) is 29.0 Å². The van der Waals surface area contributed by atoms with E-state index in [9.17, 15) is 0 Å². The first-order valence-corrected chi connectivity index (χ1v) is 5.90. The second-order valence-corrected chi connectivity index (χ2v) is 5.04. The van der Waals surface area contributed by atoms with Crippen molar-refractivity contribution in [3.8, 4) is 5.75 Å². The van der Waals surface area contributed by atoms with Gasteiger partial charge in [-0.2, -0.15) is 0 Å². The van der Waals surface area contributed by atoms with Crippen molar-refractivity contribution in [1.29, 1.82) is 0 Å². The zero-order chi connectivity index (χ0) is 13.1. The molecule has 1 aromatic carbocycles. The molecule has 0 saturated heterocycles. The zero-order valence-corrected chi connectivity index (χ0v) is 11.5. The predicted molar refractivity (Wildman–Crippen MR) is 71.5 cm³/mol. The average molecular weight is 237 g/mol. The van der Waals surface area contributed by atoms with Gasteiger partial charge in [0.05, 0.1) is 12.2 Å². The van der Waals surface area contributed by atoms with Crippen LogP contribution in [0, 0.1) is 13.8 Å². The van der Waals surface area contributed by atoms with Crippen LogP contribution in [0.3, 0.4) is 0 Å². The Kier molecular flexibility index (Phi) is 4.40. The first kappa shape index (κ1) is 13.8. The van der Waals surface area contributed by atoms with E-state index in [-0.39, 0.29) is 5.60 Å². The number of nitrogens with two attached hydrogens (primary N) is 1. The van der Waals surface area contributed by atoms with E-state index in [1.165, 1.54) is 0 Å². The van der Waals surface area contributed by atoms with E-state index < -0.39 is 0 Å². The molecule has 0 aromatic heterocycles. The van der Waals surface area contributed by atoms with Crippen molar-refractivity contribution in [2.24, 2.45) is 0 Å². The Morgan fingerprint density at radius 3 is 2.41 bits per heavy atom. The van der Waals surface area contributed by atoms with Crippen molar-refractivity contribution in [2.75, 3.05) is 19.5 Å². The monoisotopic (exact) mass is 237 g/mol. The molecule has 3 heteroatoms. The number of methoxy groups -OCH3 is 1. The standard InChI is InChI=1S/C14H23NO2/c1-10-8-11(2)13(9-12(10)15)17-7-6-14(3,4)16-5/h8-9H,6-7,15H2,1-5H3. The summed E-state index contributed by atoms with van der Waals surface area (Å²) in [6.45, 7) is 8.76. The van der Waals surface area contributed by atoms with E-state index in [4.69, 9.17) is 15.2 Å². The number of ether oxygens (including phenoxy) is 2. The lowest BCUT2D eigenvalue weighted by atomic mass is 10.1. The van der Waals surface area contributed by atoms with Gasteiger partial charge in [0.1, 0.15) is 5.75 Å². The number of hydrogen-bond acceptors (Lipinski definition) is 3. The minimum absolute atomic E-state index is 0.149. The highest BCUT2D eigenvalue weighted by molar-refractivity contribution is 5.54. The van der Waals surface area contributed by atoms with Crippen molar-refractivity contribution >= 4 is 5.69 Å². The third kappa shape index (κ3) is 3.93. The minimum atomic E-state index is -0.149. The van der Waals surface area contributed by atoms with E-state index in [2.05, 4.69) is 0 Å². The maximum absolute atomic E-state index is 5.87. The Labute approximate surface area is 104 Å². The summed E-state index contributed by atoms with van der Waals surface area (Å²) >= 11 is 0. The molecule has 17 heavy (non-hydrogen) atoms. The molecule has 0 atom stereocenters. The Bertz CT molecular complexity index is 386. The summed E-state index contributed by atoms with van der Waals surface area (Å²) < 4.78 is 11.1. The molecule has 0 saturated carbocycles. The van der Waals surface area contributed by atoms with Gasteiger partial charge < -0.3 is 15.2 Å². The van der Waals surface area contributed by atoms with Crippen LogP contribution in [0.5, 0.6) is 5.75 Å². The summed E-state index contributed by atoms with van der Waals surface area (Å²) in [5, 5.41) is 0. The summed E-state index contributed by atoms with van der Waals surface area (Å²) in [4.78, 5) is 0. The molecule has 0 unspecified atom stereocenters. The van der Waals surface area contributed by atoms with Crippen LogP contribution in [0.15, 0.2) is 12.1 Å². The minimum Gasteiger partial charge on any atom is -0.493 e. The molecule has 96 valence electrons. The van der Waals surface area contributed by atoms with Crippen LogP contribution in [0.4, 0.5) is 5.69 Å². The molecule has 0 radical (unpaired) electrons. The van der Waals surface area contributed by atoms with E-state index in [0.29, 0.717) is 6.61 Å². The topological polar surface area (TPSA) is 44.5 Å². The highest BCUT2D eigenvalue weighted by atomic mass is 16.5. The number of nitrogen functional groups attached to an aromatic ring is 1. The fourth-order valence-corrected chi connectivity index (χ4v) is 1.51. The van der Waals surface area contributed by atoms with Gasteiger partial charge in [-0.3, -0.25) is 0 Å².